The van der Waals surface area contributed by atoms with Crippen LogP contribution in [-0.4, -0.2) is 24.3 Å². The van der Waals surface area contributed by atoms with E-state index in [0.717, 1.165) is 5.56 Å². The number of benzene rings is 1. The predicted octanol–water partition coefficient (Wildman–Crippen LogP) is 3.06. The van der Waals surface area contributed by atoms with E-state index in [9.17, 15) is 4.79 Å². The number of aliphatic carboxylic acids is 1. The van der Waals surface area contributed by atoms with E-state index in [1.165, 1.54) is 0 Å². The molecule has 1 unspecified atom stereocenters. The number of hydrogen-bond donors (Lipinski definition) is 1. The molecule has 0 spiro atoms. The minimum Gasteiger partial charge on any atom is -0.490 e. The Balaban J connectivity index is 2.94. The zero-order valence-corrected chi connectivity index (χ0v) is 11.1. The molecule has 0 aliphatic carbocycles. The lowest BCUT2D eigenvalue weighted by Crippen LogP contribution is -2.04. The summed E-state index contributed by atoms with van der Waals surface area (Å²) in [6.07, 6.45) is 0.111. The van der Waals surface area contributed by atoms with E-state index in [0.29, 0.717) is 24.7 Å². The molecular weight excluding hydrogens is 232 g/mol. The molecule has 1 rings (SSSR count). The molecule has 0 aliphatic heterocycles. The van der Waals surface area contributed by atoms with Gasteiger partial charge in [-0.25, -0.2) is 0 Å². The van der Waals surface area contributed by atoms with Crippen LogP contribution in [0.5, 0.6) is 11.5 Å². The van der Waals surface area contributed by atoms with Gasteiger partial charge >= 0.3 is 5.97 Å². The third-order valence-electron chi connectivity index (χ3n) is 2.62. The van der Waals surface area contributed by atoms with Crippen LogP contribution < -0.4 is 9.47 Å². The molecule has 0 bridgehead atoms. The summed E-state index contributed by atoms with van der Waals surface area (Å²) < 4.78 is 11.0. The number of rotatable bonds is 7. The molecule has 0 saturated heterocycles. The molecule has 0 heterocycles. The van der Waals surface area contributed by atoms with E-state index in [4.69, 9.17) is 14.6 Å². The number of carboxylic acid groups (broad SMARTS) is 1. The van der Waals surface area contributed by atoms with Crippen molar-refractivity contribution in [2.45, 2.75) is 33.1 Å². The van der Waals surface area contributed by atoms with Crippen LogP contribution in [0.1, 0.15) is 38.7 Å². The van der Waals surface area contributed by atoms with Gasteiger partial charge in [-0.2, -0.15) is 0 Å². The number of carboxylic acids is 1. The Morgan fingerprint density at radius 1 is 1.22 bits per heavy atom. The average molecular weight is 252 g/mol. The first-order valence-electron chi connectivity index (χ1n) is 6.19. The molecule has 0 radical (unpaired) electrons. The monoisotopic (exact) mass is 252 g/mol. The number of ether oxygens (including phenoxy) is 2. The van der Waals surface area contributed by atoms with Gasteiger partial charge in [-0.05, 0) is 37.5 Å². The van der Waals surface area contributed by atoms with E-state index in [1.807, 2.05) is 39.0 Å². The predicted molar refractivity (Wildman–Crippen MR) is 69.4 cm³/mol. The largest absolute Gasteiger partial charge is 0.490 e. The summed E-state index contributed by atoms with van der Waals surface area (Å²) in [4.78, 5) is 10.7. The minimum atomic E-state index is -0.797. The highest BCUT2D eigenvalue weighted by Crippen LogP contribution is 2.32. The van der Waals surface area contributed by atoms with Crippen molar-refractivity contribution in [1.29, 1.82) is 0 Å². The molecule has 0 amide bonds. The number of hydrogen-bond acceptors (Lipinski definition) is 3. The third-order valence-corrected chi connectivity index (χ3v) is 2.62. The van der Waals surface area contributed by atoms with Gasteiger partial charge < -0.3 is 14.6 Å². The fourth-order valence-electron chi connectivity index (χ4n) is 1.75. The van der Waals surface area contributed by atoms with Crippen LogP contribution in [-0.2, 0) is 4.79 Å². The molecule has 4 heteroatoms. The van der Waals surface area contributed by atoms with Gasteiger partial charge in [0.25, 0.3) is 0 Å². The Kier molecular flexibility index (Phi) is 5.49. The van der Waals surface area contributed by atoms with Crippen molar-refractivity contribution < 1.29 is 19.4 Å². The second kappa shape index (κ2) is 6.89. The summed E-state index contributed by atoms with van der Waals surface area (Å²) in [6.45, 7) is 6.83. The molecule has 0 saturated carbocycles. The average Bonchev–Trinajstić information content (AvgIpc) is 2.31. The van der Waals surface area contributed by atoms with Crippen LogP contribution in [0.15, 0.2) is 18.2 Å². The Labute approximate surface area is 108 Å². The summed E-state index contributed by atoms with van der Waals surface area (Å²) in [5.41, 5.74) is 0.948. The van der Waals surface area contributed by atoms with E-state index >= 15 is 0 Å². The summed E-state index contributed by atoms with van der Waals surface area (Å²) in [5.74, 6) is 0.534. The SMILES string of the molecule is CCOc1ccc(C(C)CC(=O)O)cc1OCC. The summed E-state index contributed by atoms with van der Waals surface area (Å²) >= 11 is 0. The van der Waals surface area contributed by atoms with E-state index < -0.39 is 5.97 Å². The standard InChI is InChI=1S/C14H20O4/c1-4-17-12-7-6-11(9-13(12)18-5-2)10(3)8-14(15)16/h6-7,9-10H,4-5,8H2,1-3H3,(H,15,16). The van der Waals surface area contributed by atoms with Crippen molar-refractivity contribution in [2.24, 2.45) is 0 Å². The van der Waals surface area contributed by atoms with Crippen LogP contribution in [0.4, 0.5) is 0 Å². The fourth-order valence-corrected chi connectivity index (χ4v) is 1.75. The lowest BCUT2D eigenvalue weighted by molar-refractivity contribution is -0.137. The Bertz CT molecular complexity index is 401. The lowest BCUT2D eigenvalue weighted by atomic mass is 9.97. The van der Waals surface area contributed by atoms with Gasteiger partial charge in [0.05, 0.1) is 19.6 Å². The first-order chi connectivity index (χ1) is 8.58. The quantitative estimate of drug-likeness (QED) is 0.810. The maximum absolute atomic E-state index is 10.7. The molecule has 1 atom stereocenters. The number of carbonyl (C=O) groups is 1. The molecule has 100 valence electrons. The van der Waals surface area contributed by atoms with Gasteiger partial charge in [-0.1, -0.05) is 13.0 Å². The highest BCUT2D eigenvalue weighted by molar-refractivity contribution is 5.68. The minimum absolute atomic E-state index is 0.0441. The van der Waals surface area contributed by atoms with Crippen molar-refractivity contribution in [1.82, 2.24) is 0 Å². The van der Waals surface area contributed by atoms with Gasteiger partial charge in [0.15, 0.2) is 11.5 Å². The van der Waals surface area contributed by atoms with Crippen LogP contribution in [0.25, 0.3) is 0 Å². The summed E-state index contributed by atoms with van der Waals surface area (Å²) in [5, 5.41) is 8.80. The maximum atomic E-state index is 10.7. The third kappa shape index (κ3) is 3.95. The van der Waals surface area contributed by atoms with E-state index in [1.54, 1.807) is 0 Å². The second-order valence-electron chi connectivity index (χ2n) is 4.07. The fraction of sp³-hybridized carbons (Fsp3) is 0.500. The van der Waals surface area contributed by atoms with Crippen LogP contribution in [0.2, 0.25) is 0 Å². The van der Waals surface area contributed by atoms with Crippen molar-refractivity contribution in [3.8, 4) is 11.5 Å². The zero-order chi connectivity index (χ0) is 13.5. The topological polar surface area (TPSA) is 55.8 Å². The van der Waals surface area contributed by atoms with Gasteiger partial charge in [-0.3, -0.25) is 4.79 Å². The molecule has 4 nitrogen and oxygen atoms in total. The zero-order valence-electron chi connectivity index (χ0n) is 11.1. The van der Waals surface area contributed by atoms with Gasteiger partial charge in [-0.15, -0.1) is 0 Å². The smallest absolute Gasteiger partial charge is 0.303 e. The van der Waals surface area contributed by atoms with Crippen molar-refractivity contribution in [3.05, 3.63) is 23.8 Å². The molecular formula is C14H20O4. The Morgan fingerprint density at radius 3 is 2.39 bits per heavy atom. The summed E-state index contributed by atoms with van der Waals surface area (Å²) in [7, 11) is 0. The second-order valence-corrected chi connectivity index (χ2v) is 4.07. The molecule has 1 N–H and O–H groups in total. The molecule has 1 aromatic rings. The van der Waals surface area contributed by atoms with Crippen molar-refractivity contribution in [2.75, 3.05) is 13.2 Å². The molecule has 0 aromatic heterocycles. The molecule has 1 aromatic carbocycles. The first kappa shape index (κ1) is 14.4. The summed E-state index contributed by atoms with van der Waals surface area (Å²) in [6, 6.07) is 5.59. The van der Waals surface area contributed by atoms with Crippen molar-refractivity contribution in [3.63, 3.8) is 0 Å². The highest BCUT2D eigenvalue weighted by Gasteiger charge is 2.13. The van der Waals surface area contributed by atoms with Gasteiger partial charge in [0.2, 0.25) is 0 Å². The van der Waals surface area contributed by atoms with Crippen LogP contribution >= 0.6 is 0 Å². The molecule has 0 aliphatic rings. The van der Waals surface area contributed by atoms with E-state index in [2.05, 4.69) is 0 Å². The highest BCUT2D eigenvalue weighted by atomic mass is 16.5. The van der Waals surface area contributed by atoms with Crippen LogP contribution in [0.3, 0.4) is 0 Å². The van der Waals surface area contributed by atoms with E-state index in [-0.39, 0.29) is 12.3 Å². The maximum Gasteiger partial charge on any atom is 0.303 e. The Hall–Kier alpha value is -1.71. The van der Waals surface area contributed by atoms with Crippen molar-refractivity contribution >= 4 is 5.97 Å². The Morgan fingerprint density at radius 2 is 1.83 bits per heavy atom. The lowest BCUT2D eigenvalue weighted by Gasteiger charge is -2.15. The molecule has 0 fully saturated rings. The normalized spacial score (nSPS) is 11.9. The first-order valence-corrected chi connectivity index (χ1v) is 6.19. The molecule has 18 heavy (non-hydrogen) atoms. The van der Waals surface area contributed by atoms with Crippen LogP contribution in [0, 0.1) is 0 Å². The van der Waals surface area contributed by atoms with Gasteiger partial charge in [0, 0.05) is 0 Å². The van der Waals surface area contributed by atoms with Gasteiger partial charge in [0.1, 0.15) is 0 Å².